The molecule has 1 saturated heterocycles. The van der Waals surface area contributed by atoms with Crippen LogP contribution in [0, 0.1) is 11.3 Å². The molecule has 0 radical (unpaired) electrons. The molecule has 1 amide bonds. The van der Waals surface area contributed by atoms with E-state index in [1.54, 1.807) is 6.20 Å². The van der Waals surface area contributed by atoms with E-state index in [9.17, 15) is 10.1 Å². The number of carbonyl (C=O) groups excluding carboxylic acids is 1. The molecule has 1 aromatic rings. The number of piperidine rings is 1. The highest BCUT2D eigenvalue weighted by Gasteiger charge is 2.34. The standard InChI is InChI=1S/C16H25N5O2/c1-12(2)23-21(13(3)22)15-6-5-14(9-17)20(10-15)11-16-18-7-8-19(16)4/h7-8,12,14-15H,5-6,10-11H2,1-4H3/t14-,15+/m0/s1. The molecule has 7 heteroatoms. The Morgan fingerprint density at radius 2 is 2.30 bits per heavy atom. The Kier molecular flexibility index (Phi) is 5.74. The number of aryl methyl sites for hydroxylation is 1. The van der Waals surface area contributed by atoms with E-state index < -0.39 is 0 Å². The van der Waals surface area contributed by atoms with Crippen molar-refractivity contribution < 1.29 is 9.63 Å². The lowest BCUT2D eigenvalue weighted by molar-refractivity contribution is -0.220. The van der Waals surface area contributed by atoms with E-state index in [-0.39, 0.29) is 24.1 Å². The summed E-state index contributed by atoms with van der Waals surface area (Å²) in [4.78, 5) is 24.0. The number of carbonyl (C=O) groups is 1. The van der Waals surface area contributed by atoms with Gasteiger partial charge in [0.1, 0.15) is 5.82 Å². The maximum atomic E-state index is 11.9. The minimum absolute atomic E-state index is 0.0419. The van der Waals surface area contributed by atoms with Gasteiger partial charge in [-0.2, -0.15) is 5.26 Å². The van der Waals surface area contributed by atoms with Crippen LogP contribution in [0.25, 0.3) is 0 Å². The van der Waals surface area contributed by atoms with Gasteiger partial charge in [0, 0.05) is 32.9 Å². The van der Waals surface area contributed by atoms with E-state index >= 15 is 0 Å². The minimum atomic E-state index is -0.157. The molecule has 2 heterocycles. The molecular formula is C16H25N5O2. The molecule has 0 unspecified atom stereocenters. The van der Waals surface area contributed by atoms with Crippen molar-refractivity contribution in [2.45, 2.75) is 58.3 Å². The normalized spacial score (nSPS) is 22.1. The summed E-state index contributed by atoms with van der Waals surface area (Å²) in [6.45, 7) is 6.52. The minimum Gasteiger partial charge on any atom is -0.337 e. The zero-order chi connectivity index (χ0) is 17.0. The van der Waals surface area contributed by atoms with Crippen LogP contribution in [0.15, 0.2) is 12.4 Å². The van der Waals surface area contributed by atoms with Gasteiger partial charge >= 0.3 is 0 Å². The number of nitrogens with zero attached hydrogens (tertiary/aromatic N) is 5. The topological polar surface area (TPSA) is 74.4 Å². The number of imidazole rings is 1. The number of hydrogen-bond acceptors (Lipinski definition) is 5. The molecule has 0 saturated carbocycles. The van der Waals surface area contributed by atoms with Gasteiger partial charge in [0.15, 0.2) is 0 Å². The Balaban J connectivity index is 2.12. The number of hydroxylamine groups is 2. The first-order chi connectivity index (χ1) is 10.9. The van der Waals surface area contributed by atoms with Crippen molar-refractivity contribution >= 4 is 5.91 Å². The summed E-state index contributed by atoms with van der Waals surface area (Å²) in [7, 11) is 1.94. The third kappa shape index (κ3) is 4.30. The Morgan fingerprint density at radius 1 is 1.57 bits per heavy atom. The molecule has 2 rings (SSSR count). The molecule has 0 N–H and O–H groups in total. The molecule has 1 aliphatic rings. The fourth-order valence-electron chi connectivity index (χ4n) is 2.91. The first-order valence-corrected chi connectivity index (χ1v) is 7.98. The van der Waals surface area contributed by atoms with E-state index in [4.69, 9.17) is 4.84 Å². The molecule has 0 aromatic carbocycles. The van der Waals surface area contributed by atoms with Crippen LogP contribution < -0.4 is 0 Å². The Hall–Kier alpha value is -1.91. The highest BCUT2D eigenvalue weighted by Crippen LogP contribution is 2.23. The molecule has 0 aliphatic carbocycles. The number of rotatable bonds is 5. The largest absolute Gasteiger partial charge is 0.337 e. The van der Waals surface area contributed by atoms with Gasteiger partial charge in [0.25, 0.3) is 0 Å². The van der Waals surface area contributed by atoms with Gasteiger partial charge < -0.3 is 4.57 Å². The van der Waals surface area contributed by atoms with Crippen molar-refractivity contribution in [2.24, 2.45) is 7.05 Å². The van der Waals surface area contributed by atoms with Gasteiger partial charge in [0.2, 0.25) is 5.91 Å². The Bertz CT molecular complexity index is 577. The van der Waals surface area contributed by atoms with Gasteiger partial charge in [-0.25, -0.2) is 10.0 Å². The highest BCUT2D eigenvalue weighted by atomic mass is 16.7. The second-order valence-electron chi connectivity index (χ2n) is 6.26. The predicted octanol–water partition coefficient (Wildman–Crippen LogP) is 1.47. The third-order valence-electron chi connectivity index (χ3n) is 4.04. The Labute approximate surface area is 137 Å². The zero-order valence-corrected chi connectivity index (χ0v) is 14.3. The van der Waals surface area contributed by atoms with Crippen LogP contribution in [0.4, 0.5) is 0 Å². The van der Waals surface area contributed by atoms with E-state index in [2.05, 4.69) is 16.0 Å². The van der Waals surface area contributed by atoms with Gasteiger partial charge in [-0.15, -0.1) is 0 Å². The lowest BCUT2D eigenvalue weighted by Crippen LogP contribution is -2.53. The molecule has 1 aromatic heterocycles. The van der Waals surface area contributed by atoms with Crippen LogP contribution in [0.3, 0.4) is 0 Å². The van der Waals surface area contributed by atoms with Crippen molar-refractivity contribution in [3.8, 4) is 6.07 Å². The summed E-state index contributed by atoms with van der Waals surface area (Å²) >= 11 is 0. The van der Waals surface area contributed by atoms with Crippen LogP contribution >= 0.6 is 0 Å². The molecule has 23 heavy (non-hydrogen) atoms. The van der Waals surface area contributed by atoms with Gasteiger partial charge in [-0.3, -0.25) is 14.5 Å². The van der Waals surface area contributed by atoms with Gasteiger partial charge in [-0.1, -0.05) is 0 Å². The summed E-state index contributed by atoms with van der Waals surface area (Å²) in [5.41, 5.74) is 0. The van der Waals surface area contributed by atoms with Crippen LogP contribution in [-0.2, 0) is 23.2 Å². The van der Waals surface area contributed by atoms with Gasteiger partial charge in [-0.05, 0) is 26.7 Å². The van der Waals surface area contributed by atoms with Crippen molar-refractivity contribution in [1.82, 2.24) is 19.5 Å². The second kappa shape index (κ2) is 7.57. The number of hydrogen-bond donors (Lipinski definition) is 0. The molecule has 126 valence electrons. The predicted molar refractivity (Wildman–Crippen MR) is 84.8 cm³/mol. The lowest BCUT2D eigenvalue weighted by Gasteiger charge is -2.40. The van der Waals surface area contributed by atoms with Crippen molar-refractivity contribution in [3.05, 3.63) is 18.2 Å². The fraction of sp³-hybridized carbons (Fsp3) is 0.688. The van der Waals surface area contributed by atoms with Crippen molar-refractivity contribution in [1.29, 1.82) is 5.26 Å². The third-order valence-corrected chi connectivity index (χ3v) is 4.04. The average molecular weight is 319 g/mol. The summed E-state index contributed by atoms with van der Waals surface area (Å²) in [5, 5.41) is 10.9. The summed E-state index contributed by atoms with van der Waals surface area (Å²) in [5.74, 6) is 0.807. The molecule has 2 atom stereocenters. The van der Waals surface area contributed by atoms with E-state index in [0.29, 0.717) is 13.1 Å². The Morgan fingerprint density at radius 3 is 2.83 bits per heavy atom. The van der Waals surface area contributed by atoms with Crippen LogP contribution in [-0.4, -0.2) is 50.2 Å². The first-order valence-electron chi connectivity index (χ1n) is 7.98. The van der Waals surface area contributed by atoms with Crippen LogP contribution in [0.5, 0.6) is 0 Å². The maximum absolute atomic E-state index is 11.9. The zero-order valence-electron chi connectivity index (χ0n) is 14.3. The monoisotopic (exact) mass is 319 g/mol. The smallest absolute Gasteiger partial charge is 0.243 e. The van der Waals surface area contributed by atoms with Gasteiger partial charge in [0.05, 0.1) is 30.8 Å². The number of amides is 1. The number of aromatic nitrogens is 2. The SMILES string of the molecule is CC(=O)N(OC(C)C)[C@@H]1CC[C@@H](C#N)N(Cc2nccn2C)C1. The van der Waals surface area contributed by atoms with E-state index in [1.165, 1.54) is 12.0 Å². The molecule has 1 fully saturated rings. The maximum Gasteiger partial charge on any atom is 0.243 e. The quantitative estimate of drug-likeness (QED) is 0.768. The second-order valence-corrected chi connectivity index (χ2v) is 6.26. The lowest BCUT2D eigenvalue weighted by atomic mass is 9.98. The molecule has 1 aliphatic heterocycles. The van der Waals surface area contributed by atoms with E-state index in [1.807, 2.05) is 31.7 Å². The van der Waals surface area contributed by atoms with Crippen molar-refractivity contribution in [2.75, 3.05) is 6.54 Å². The van der Waals surface area contributed by atoms with E-state index in [0.717, 1.165) is 18.7 Å². The summed E-state index contributed by atoms with van der Waals surface area (Å²) in [6.07, 6.45) is 5.07. The fourth-order valence-corrected chi connectivity index (χ4v) is 2.91. The summed E-state index contributed by atoms with van der Waals surface area (Å²) in [6, 6.07) is 2.16. The molecule has 0 spiro atoms. The van der Waals surface area contributed by atoms with Crippen molar-refractivity contribution in [3.63, 3.8) is 0 Å². The number of likely N-dealkylation sites (tertiary alicyclic amines) is 1. The summed E-state index contributed by atoms with van der Waals surface area (Å²) < 4.78 is 1.95. The van der Waals surface area contributed by atoms with Crippen LogP contribution in [0.2, 0.25) is 0 Å². The van der Waals surface area contributed by atoms with Crippen LogP contribution in [0.1, 0.15) is 39.4 Å². The highest BCUT2D eigenvalue weighted by molar-refractivity contribution is 5.72. The average Bonchev–Trinajstić information content (AvgIpc) is 2.89. The molecular weight excluding hydrogens is 294 g/mol. The first kappa shape index (κ1) is 17.4. The molecule has 0 bridgehead atoms. The molecule has 7 nitrogen and oxygen atoms in total. The number of nitriles is 1.